The Morgan fingerprint density at radius 3 is 2.53 bits per heavy atom. The molecular weight excluding hydrogens is 407 g/mol. The van der Waals surface area contributed by atoms with Crippen LogP contribution in [0.4, 0.5) is 24.5 Å². The lowest BCUT2D eigenvalue weighted by atomic mass is 9.92. The highest BCUT2D eigenvalue weighted by Gasteiger charge is 2.58. The molecule has 2 aromatic carbocycles. The number of halogens is 3. The number of hydrogen-bond acceptors (Lipinski definition) is 6. The molecule has 30 heavy (non-hydrogen) atoms. The summed E-state index contributed by atoms with van der Waals surface area (Å²) < 4.78 is 39.0. The Hall–Kier alpha value is -3.76. The van der Waals surface area contributed by atoms with Gasteiger partial charge in [0.2, 0.25) is 11.5 Å². The van der Waals surface area contributed by atoms with Crippen LogP contribution in [0.2, 0.25) is 0 Å². The number of hydrogen-bond donors (Lipinski definition) is 0. The summed E-state index contributed by atoms with van der Waals surface area (Å²) in [6.45, 7) is 0. The van der Waals surface area contributed by atoms with E-state index in [1.807, 2.05) is 0 Å². The zero-order chi connectivity index (χ0) is 21.7. The summed E-state index contributed by atoms with van der Waals surface area (Å²) >= 11 is 0. The maximum atomic E-state index is 13.0. The predicted octanol–water partition coefficient (Wildman–Crippen LogP) is 3.44. The third kappa shape index (κ3) is 3.17. The molecule has 4 rings (SSSR count). The molecule has 0 saturated carbocycles. The lowest BCUT2D eigenvalue weighted by Gasteiger charge is -2.20. The van der Waals surface area contributed by atoms with Crippen molar-refractivity contribution in [2.75, 3.05) is 4.90 Å². The number of nitro benzene ring substituents is 1. The van der Waals surface area contributed by atoms with E-state index in [9.17, 15) is 32.9 Å². The van der Waals surface area contributed by atoms with Crippen molar-refractivity contribution in [2.45, 2.75) is 24.6 Å². The molecule has 1 fully saturated rings. The van der Waals surface area contributed by atoms with Gasteiger partial charge in [-0.2, -0.15) is 13.2 Å². The van der Waals surface area contributed by atoms with Gasteiger partial charge in [0.25, 0.3) is 11.6 Å². The molecule has 2 aliphatic rings. The van der Waals surface area contributed by atoms with Crippen LogP contribution in [0, 0.1) is 10.1 Å². The van der Waals surface area contributed by atoms with Crippen LogP contribution >= 0.6 is 0 Å². The molecule has 8 nitrogen and oxygen atoms in total. The maximum Gasteiger partial charge on any atom is 0.416 e. The van der Waals surface area contributed by atoms with E-state index in [4.69, 9.17) is 4.84 Å². The van der Waals surface area contributed by atoms with Crippen molar-refractivity contribution in [1.29, 1.82) is 0 Å². The number of nitrogens with zero attached hydrogens (tertiary/aromatic N) is 3. The average molecular weight is 419 g/mol. The molecule has 0 radical (unpaired) electrons. The van der Waals surface area contributed by atoms with E-state index in [-0.39, 0.29) is 23.5 Å². The standard InChI is InChI=1S/C19H12F3N3O5/c20-19(21,22)12-4-2-5-13(8-12)24-16(26)10-18(17(24)27)9-15(23-30-18)11-3-1-6-14(7-11)25(28)29/h1-8H,9-10H2. The third-order valence-electron chi connectivity index (χ3n) is 4.88. The molecule has 1 atom stereocenters. The number of non-ortho nitro benzene ring substituents is 1. The highest BCUT2D eigenvalue weighted by molar-refractivity contribution is 6.25. The van der Waals surface area contributed by atoms with E-state index in [0.717, 1.165) is 12.1 Å². The average Bonchev–Trinajstić information content (AvgIpc) is 3.23. The summed E-state index contributed by atoms with van der Waals surface area (Å²) in [5.41, 5.74) is -2.52. The molecule has 2 aliphatic heterocycles. The van der Waals surface area contributed by atoms with Crippen LogP contribution < -0.4 is 4.90 Å². The Balaban J connectivity index is 1.61. The lowest BCUT2D eigenvalue weighted by molar-refractivity contribution is -0.384. The first-order chi connectivity index (χ1) is 14.1. The summed E-state index contributed by atoms with van der Waals surface area (Å²) in [7, 11) is 0. The van der Waals surface area contributed by atoms with Crippen molar-refractivity contribution in [3.63, 3.8) is 0 Å². The Labute approximate surface area is 166 Å². The fourth-order valence-electron chi connectivity index (χ4n) is 3.44. The van der Waals surface area contributed by atoms with E-state index in [0.29, 0.717) is 16.5 Å². The first-order valence-corrected chi connectivity index (χ1v) is 8.65. The largest absolute Gasteiger partial charge is 0.416 e. The Morgan fingerprint density at radius 1 is 1.10 bits per heavy atom. The molecule has 1 spiro atoms. The van der Waals surface area contributed by atoms with Gasteiger partial charge in [-0.1, -0.05) is 23.4 Å². The normalized spacial score (nSPS) is 21.2. The SMILES string of the molecule is O=C1CC2(CC(c3cccc([N+](=O)[O-])c3)=NO2)C(=O)N1c1cccc(C(F)(F)F)c1. The van der Waals surface area contributed by atoms with Crippen LogP contribution in [-0.4, -0.2) is 28.1 Å². The van der Waals surface area contributed by atoms with Gasteiger partial charge in [0, 0.05) is 24.1 Å². The van der Waals surface area contributed by atoms with Gasteiger partial charge in [0.05, 0.1) is 28.3 Å². The minimum absolute atomic E-state index is 0.145. The number of alkyl halides is 3. The fraction of sp³-hybridized carbons (Fsp3) is 0.211. The summed E-state index contributed by atoms with van der Waals surface area (Å²) in [6.07, 6.45) is -5.19. The van der Waals surface area contributed by atoms with E-state index >= 15 is 0 Å². The van der Waals surface area contributed by atoms with Gasteiger partial charge in [0.1, 0.15) is 0 Å². The number of nitro groups is 1. The van der Waals surface area contributed by atoms with Crippen LogP contribution in [0.1, 0.15) is 24.0 Å². The molecule has 0 N–H and O–H groups in total. The van der Waals surface area contributed by atoms with Crippen molar-refractivity contribution in [1.82, 2.24) is 0 Å². The number of carbonyl (C=O) groups is 2. The smallest absolute Gasteiger partial charge is 0.378 e. The topological polar surface area (TPSA) is 102 Å². The van der Waals surface area contributed by atoms with Crippen molar-refractivity contribution < 1.29 is 32.5 Å². The van der Waals surface area contributed by atoms with Crippen molar-refractivity contribution in [3.8, 4) is 0 Å². The Bertz CT molecular complexity index is 1110. The molecule has 154 valence electrons. The quantitative estimate of drug-likeness (QED) is 0.431. The van der Waals surface area contributed by atoms with Crippen molar-refractivity contribution >= 4 is 28.9 Å². The molecule has 2 aromatic rings. The van der Waals surface area contributed by atoms with Crippen LogP contribution in [0.5, 0.6) is 0 Å². The molecular formula is C19H12F3N3O5. The third-order valence-corrected chi connectivity index (χ3v) is 4.88. The Morgan fingerprint density at radius 2 is 1.83 bits per heavy atom. The highest BCUT2D eigenvalue weighted by Crippen LogP contribution is 2.40. The van der Waals surface area contributed by atoms with Gasteiger partial charge in [-0.25, -0.2) is 4.90 Å². The number of carbonyl (C=O) groups excluding carboxylic acids is 2. The van der Waals surface area contributed by atoms with Gasteiger partial charge in [-0.3, -0.25) is 19.7 Å². The minimum Gasteiger partial charge on any atom is -0.378 e. The number of rotatable bonds is 3. The fourth-order valence-corrected chi connectivity index (χ4v) is 3.44. The zero-order valence-corrected chi connectivity index (χ0v) is 15.0. The lowest BCUT2D eigenvalue weighted by Crippen LogP contribution is -2.41. The predicted molar refractivity (Wildman–Crippen MR) is 96.6 cm³/mol. The van der Waals surface area contributed by atoms with Crippen molar-refractivity contribution in [2.24, 2.45) is 5.16 Å². The number of anilines is 1. The minimum atomic E-state index is -4.64. The first kappa shape index (κ1) is 19.6. The van der Waals surface area contributed by atoms with Crippen LogP contribution in [0.15, 0.2) is 53.7 Å². The number of benzene rings is 2. The molecule has 0 aromatic heterocycles. The molecule has 11 heteroatoms. The summed E-state index contributed by atoms with van der Waals surface area (Å²) in [4.78, 5) is 41.8. The van der Waals surface area contributed by atoms with E-state index in [2.05, 4.69) is 5.16 Å². The van der Waals surface area contributed by atoms with Crippen molar-refractivity contribution in [3.05, 3.63) is 69.8 Å². The monoisotopic (exact) mass is 419 g/mol. The van der Waals surface area contributed by atoms with Gasteiger partial charge >= 0.3 is 6.18 Å². The number of amides is 2. The first-order valence-electron chi connectivity index (χ1n) is 8.65. The van der Waals surface area contributed by atoms with Gasteiger partial charge in [-0.15, -0.1) is 0 Å². The second-order valence-electron chi connectivity index (χ2n) is 6.87. The summed E-state index contributed by atoms with van der Waals surface area (Å²) in [6, 6.07) is 9.40. The van der Waals surface area contributed by atoms with Gasteiger partial charge < -0.3 is 4.84 Å². The van der Waals surface area contributed by atoms with E-state index < -0.39 is 40.5 Å². The zero-order valence-electron chi connectivity index (χ0n) is 15.0. The number of imide groups is 1. The molecule has 0 aliphatic carbocycles. The Kier molecular flexibility index (Phi) is 4.33. The highest BCUT2D eigenvalue weighted by atomic mass is 19.4. The van der Waals surface area contributed by atoms with Crippen LogP contribution in [0.25, 0.3) is 0 Å². The maximum absolute atomic E-state index is 13.0. The molecule has 1 saturated heterocycles. The molecule has 0 bridgehead atoms. The number of oxime groups is 1. The summed E-state index contributed by atoms with van der Waals surface area (Å²) in [5.74, 6) is -1.56. The summed E-state index contributed by atoms with van der Waals surface area (Å²) in [5, 5.41) is 14.8. The van der Waals surface area contributed by atoms with E-state index in [1.165, 1.54) is 24.3 Å². The van der Waals surface area contributed by atoms with Gasteiger partial charge in [0.15, 0.2) is 0 Å². The van der Waals surface area contributed by atoms with Crippen LogP contribution in [-0.2, 0) is 20.6 Å². The van der Waals surface area contributed by atoms with Crippen LogP contribution in [0.3, 0.4) is 0 Å². The van der Waals surface area contributed by atoms with E-state index in [1.54, 1.807) is 6.07 Å². The molecule has 2 heterocycles. The molecule has 2 amide bonds. The van der Waals surface area contributed by atoms with Gasteiger partial charge in [-0.05, 0) is 18.2 Å². The second-order valence-corrected chi connectivity index (χ2v) is 6.87. The second kappa shape index (κ2) is 6.65. The molecule has 1 unspecified atom stereocenters.